The number of rotatable bonds is 8. The molecule has 0 bridgehead atoms. The molecule has 348 valence electrons. The van der Waals surface area contributed by atoms with Gasteiger partial charge >= 0.3 is 0 Å². The lowest BCUT2D eigenvalue weighted by atomic mass is 9.34. The monoisotopic (exact) mass is 951 g/mol. The fraction of sp³-hybridized carbons (Fsp3) is 0. The molecule has 0 N–H and O–H groups in total. The fourth-order valence-corrected chi connectivity index (χ4v) is 12.3. The zero-order chi connectivity index (χ0) is 49.4. The summed E-state index contributed by atoms with van der Waals surface area (Å²) in [5.74, 6) is 1.75. The summed E-state index contributed by atoms with van der Waals surface area (Å²) in [7, 11) is 0. The van der Waals surface area contributed by atoms with Crippen LogP contribution in [0.2, 0.25) is 0 Å². The van der Waals surface area contributed by atoms with Gasteiger partial charge in [-0.05, 0) is 136 Å². The van der Waals surface area contributed by atoms with Gasteiger partial charge in [-0.15, -0.1) is 0 Å². The van der Waals surface area contributed by atoms with Gasteiger partial charge in [-0.1, -0.05) is 243 Å². The molecule has 3 heterocycles. The van der Waals surface area contributed by atoms with Crippen molar-refractivity contribution in [2.45, 2.75) is 0 Å². The quantitative estimate of drug-likeness (QED) is 0.138. The number of hydrogen-bond donors (Lipinski definition) is 0. The summed E-state index contributed by atoms with van der Waals surface area (Å²) in [6.07, 6.45) is 0. The van der Waals surface area contributed by atoms with Crippen LogP contribution in [0, 0.1) is 0 Å². The van der Waals surface area contributed by atoms with Crippen LogP contribution < -0.4 is 21.1 Å². The van der Waals surface area contributed by atoms with Gasteiger partial charge in [0.05, 0.1) is 5.52 Å². The smallest absolute Gasteiger partial charge is 0.256 e. The Kier molecular flexibility index (Phi) is 10.0. The third kappa shape index (κ3) is 7.04. The van der Waals surface area contributed by atoms with Gasteiger partial charge in [-0.25, -0.2) is 0 Å². The maximum Gasteiger partial charge on any atom is 0.256 e. The van der Waals surface area contributed by atoms with Crippen LogP contribution in [0.15, 0.2) is 279 Å². The number of nitrogens with zero attached hydrogens (tertiary/aromatic N) is 1. The molecule has 0 saturated carbocycles. The van der Waals surface area contributed by atoms with Gasteiger partial charge in [0.2, 0.25) is 0 Å². The average molecular weight is 952 g/mol. The third-order valence-corrected chi connectivity index (χ3v) is 15.7. The number of benzene rings is 12. The molecule has 0 unspecified atom stereocenters. The largest absolute Gasteiger partial charge is 0.458 e. The van der Waals surface area contributed by atoms with Crippen molar-refractivity contribution >= 4 is 44.9 Å². The van der Waals surface area contributed by atoms with Crippen LogP contribution in [0.4, 0.5) is 0 Å². The van der Waals surface area contributed by atoms with Crippen molar-refractivity contribution in [1.29, 1.82) is 0 Å². The van der Waals surface area contributed by atoms with Crippen molar-refractivity contribution in [3.63, 3.8) is 0 Å². The molecule has 13 aromatic rings. The normalized spacial score (nSPS) is 12.1. The molecule has 75 heavy (non-hydrogen) atoms. The topological polar surface area (TPSA) is 14.2 Å². The van der Waals surface area contributed by atoms with Gasteiger partial charge in [-0.2, -0.15) is 0 Å². The number of hydrogen-bond acceptors (Lipinski definition) is 1. The second kappa shape index (κ2) is 17.5. The zero-order valence-electron chi connectivity index (χ0n) is 41.0. The molecule has 2 nitrogen and oxygen atoms in total. The highest BCUT2D eigenvalue weighted by Crippen LogP contribution is 2.48. The first kappa shape index (κ1) is 42.9. The minimum atomic E-state index is -0.194. The molecule has 0 radical (unpaired) electrons. The van der Waals surface area contributed by atoms with Crippen LogP contribution in [-0.4, -0.2) is 11.3 Å². The second-order valence-corrected chi connectivity index (χ2v) is 19.9. The first-order valence-electron chi connectivity index (χ1n) is 25.9. The van der Waals surface area contributed by atoms with E-state index in [1.165, 1.54) is 82.8 Å². The first-order valence-corrected chi connectivity index (χ1v) is 25.9. The highest BCUT2D eigenvalue weighted by atomic mass is 16.5. The highest BCUT2D eigenvalue weighted by Gasteiger charge is 2.43. The van der Waals surface area contributed by atoms with Gasteiger partial charge in [0.25, 0.3) is 6.71 Å². The minimum absolute atomic E-state index is 0.194. The summed E-state index contributed by atoms with van der Waals surface area (Å²) in [6.45, 7) is -0.194. The molecule has 15 rings (SSSR count). The summed E-state index contributed by atoms with van der Waals surface area (Å²) in [6, 6.07) is 102. The Labute approximate surface area is 437 Å². The van der Waals surface area contributed by atoms with Crippen LogP contribution in [0.5, 0.6) is 11.5 Å². The van der Waals surface area contributed by atoms with Gasteiger partial charge in [0, 0.05) is 27.5 Å². The molecular formula is C72H46BNO. The molecule has 0 amide bonds. The summed E-state index contributed by atoms with van der Waals surface area (Å²) < 4.78 is 10.3. The third-order valence-electron chi connectivity index (χ3n) is 15.7. The first-order chi connectivity index (χ1) is 37.2. The number of fused-ring (bicyclic) bond motifs is 7. The van der Waals surface area contributed by atoms with E-state index in [2.05, 4.69) is 284 Å². The Balaban J connectivity index is 1.09. The fourth-order valence-electron chi connectivity index (χ4n) is 12.3. The van der Waals surface area contributed by atoms with Crippen LogP contribution in [-0.2, 0) is 0 Å². The Hall–Kier alpha value is -9.70. The van der Waals surface area contributed by atoms with E-state index in [-0.39, 0.29) is 6.71 Å². The van der Waals surface area contributed by atoms with Crippen LogP contribution in [0.1, 0.15) is 0 Å². The van der Waals surface area contributed by atoms with E-state index >= 15 is 0 Å². The zero-order valence-corrected chi connectivity index (χ0v) is 41.0. The number of aromatic nitrogens is 1. The molecule has 1 aromatic heterocycles. The molecule has 0 saturated heterocycles. The maximum absolute atomic E-state index is 7.79. The highest BCUT2D eigenvalue weighted by molar-refractivity contribution is 6.99. The van der Waals surface area contributed by atoms with Gasteiger partial charge in [0.15, 0.2) is 0 Å². The van der Waals surface area contributed by atoms with E-state index in [9.17, 15) is 0 Å². The predicted molar refractivity (Wildman–Crippen MR) is 315 cm³/mol. The molecule has 0 fully saturated rings. The van der Waals surface area contributed by atoms with Crippen molar-refractivity contribution < 1.29 is 4.74 Å². The van der Waals surface area contributed by atoms with Crippen LogP contribution in [0.25, 0.3) is 117 Å². The summed E-state index contributed by atoms with van der Waals surface area (Å²) >= 11 is 0. The molecule has 0 spiro atoms. The molecule has 2 aliphatic heterocycles. The van der Waals surface area contributed by atoms with E-state index in [1.807, 2.05) is 0 Å². The van der Waals surface area contributed by atoms with E-state index in [1.54, 1.807) is 0 Å². The lowest BCUT2D eigenvalue weighted by Crippen LogP contribution is -2.58. The summed E-state index contributed by atoms with van der Waals surface area (Å²) in [5, 5.41) is 2.45. The maximum atomic E-state index is 7.79. The average Bonchev–Trinajstić information content (AvgIpc) is 3.98. The molecule has 12 aromatic carbocycles. The predicted octanol–water partition coefficient (Wildman–Crippen LogP) is 17.1. The molecule has 0 atom stereocenters. The van der Waals surface area contributed by atoms with Gasteiger partial charge in [0.1, 0.15) is 11.5 Å². The summed E-state index contributed by atoms with van der Waals surface area (Å²) in [4.78, 5) is 0. The minimum Gasteiger partial charge on any atom is -0.458 e. The Morgan fingerprint density at radius 2 is 0.707 bits per heavy atom. The number of ether oxygens (including phenoxy) is 1. The van der Waals surface area contributed by atoms with Crippen molar-refractivity contribution in [2.24, 2.45) is 0 Å². The Morgan fingerprint density at radius 1 is 0.280 bits per heavy atom. The van der Waals surface area contributed by atoms with E-state index in [4.69, 9.17) is 4.74 Å². The van der Waals surface area contributed by atoms with Crippen molar-refractivity contribution in [1.82, 2.24) is 4.57 Å². The lowest BCUT2D eigenvalue weighted by molar-refractivity contribution is 0.489. The van der Waals surface area contributed by atoms with Crippen molar-refractivity contribution in [2.75, 3.05) is 0 Å². The molecular weight excluding hydrogens is 906 g/mol. The molecule has 0 aliphatic carbocycles. The van der Waals surface area contributed by atoms with Gasteiger partial charge < -0.3 is 9.30 Å². The van der Waals surface area contributed by atoms with Crippen LogP contribution >= 0.6 is 0 Å². The second-order valence-electron chi connectivity index (χ2n) is 19.9. The standard InChI is InChI=1S/C72H46BNO/c1-6-22-47(23-7-1)52-38-39-67-62(40-52)63-41-53(48-24-8-2-9-25-48)43-65-71(63)74(67)68-45-55(60-36-19-17-33-57(60)50-28-12-4-13-29-50)46-69-70(68)73(65)66-44-54(59-35-18-16-32-56(59)49-26-10-3-11-27-49)42-64(72(66)75-69)61-37-21-20-34-58(61)51-30-14-5-15-31-51/h1-46H. The Morgan fingerprint density at radius 3 is 1.25 bits per heavy atom. The Bertz CT molecular complexity index is 4350. The van der Waals surface area contributed by atoms with Crippen molar-refractivity contribution in [3.05, 3.63) is 279 Å². The molecule has 3 heteroatoms. The van der Waals surface area contributed by atoms with E-state index < -0.39 is 0 Å². The van der Waals surface area contributed by atoms with Gasteiger partial charge in [-0.3, -0.25) is 0 Å². The summed E-state index contributed by atoms with van der Waals surface area (Å²) in [5.41, 5.74) is 25.6. The van der Waals surface area contributed by atoms with Crippen LogP contribution in [0.3, 0.4) is 0 Å². The van der Waals surface area contributed by atoms with Crippen molar-refractivity contribution in [3.8, 4) is 106 Å². The van der Waals surface area contributed by atoms with E-state index in [0.29, 0.717) is 0 Å². The SMILES string of the molecule is c1ccc(-c2ccc3c(c2)c2cc(-c4ccccc4)cc4c2n3-c2cc(-c3ccccc3-c3ccccc3)cc3c2B4c2cc(-c4ccccc4-c4ccccc4)cc(-c4ccccc4-c4ccccc4)c2O3)cc1. The van der Waals surface area contributed by atoms with E-state index in [0.717, 1.165) is 61.6 Å². The lowest BCUT2D eigenvalue weighted by Gasteiger charge is -2.35. The molecule has 2 aliphatic rings.